The number of aryl methyl sites for hydroxylation is 1. The van der Waals surface area contributed by atoms with E-state index in [1.165, 1.54) is 26.0 Å². The Balaban J connectivity index is 1.97. The third-order valence-corrected chi connectivity index (χ3v) is 5.74. The largest absolute Gasteiger partial charge is 0.462 e. The Morgan fingerprint density at radius 2 is 1.37 bits per heavy atom. The SMILES string of the molecule is Cc1ccc(S(=O)(=O)OCCOCCOCCOCCOC(=O)[C@@H](C)NC(=O)[C@H](C)NC=O)cc1. The molecule has 2 amide bonds. The molecule has 0 aliphatic heterocycles. The topological polar surface area (TPSA) is 156 Å². The molecule has 0 aromatic heterocycles. The van der Waals surface area contributed by atoms with Crippen LogP contribution < -0.4 is 10.6 Å². The highest BCUT2D eigenvalue weighted by Crippen LogP contribution is 2.12. The minimum Gasteiger partial charge on any atom is -0.462 e. The summed E-state index contributed by atoms with van der Waals surface area (Å²) >= 11 is 0. The van der Waals surface area contributed by atoms with Crippen LogP contribution in [0.1, 0.15) is 19.4 Å². The molecule has 13 heteroatoms. The van der Waals surface area contributed by atoms with Gasteiger partial charge in [-0.2, -0.15) is 8.42 Å². The van der Waals surface area contributed by atoms with E-state index < -0.39 is 34.1 Å². The number of esters is 1. The molecule has 1 aromatic rings. The molecular weight excluding hydrogens is 484 g/mol. The van der Waals surface area contributed by atoms with Gasteiger partial charge in [0.05, 0.1) is 51.1 Å². The van der Waals surface area contributed by atoms with Crippen molar-refractivity contribution in [2.75, 3.05) is 52.9 Å². The maximum absolute atomic E-state index is 12.0. The van der Waals surface area contributed by atoms with Crippen molar-refractivity contribution in [2.45, 2.75) is 37.8 Å². The summed E-state index contributed by atoms with van der Waals surface area (Å²) in [6.45, 7) is 6.10. The van der Waals surface area contributed by atoms with Gasteiger partial charge < -0.3 is 29.6 Å². The molecule has 198 valence electrons. The molecule has 0 aliphatic rings. The summed E-state index contributed by atoms with van der Waals surface area (Å²) in [6.07, 6.45) is 0.402. The van der Waals surface area contributed by atoms with E-state index in [9.17, 15) is 22.8 Å². The summed E-state index contributed by atoms with van der Waals surface area (Å²) in [5, 5.41) is 4.71. The average Bonchev–Trinajstić information content (AvgIpc) is 2.82. The highest BCUT2D eigenvalue weighted by molar-refractivity contribution is 7.86. The summed E-state index contributed by atoms with van der Waals surface area (Å²) in [7, 11) is -3.80. The second kappa shape index (κ2) is 16.9. The Morgan fingerprint density at radius 1 is 0.857 bits per heavy atom. The first-order valence-electron chi connectivity index (χ1n) is 11.0. The summed E-state index contributed by atoms with van der Waals surface area (Å²) in [6, 6.07) is 4.75. The molecule has 1 rings (SSSR count). The molecule has 2 atom stereocenters. The van der Waals surface area contributed by atoms with Crippen LogP contribution >= 0.6 is 0 Å². The summed E-state index contributed by atoms with van der Waals surface area (Å²) in [5.41, 5.74) is 0.953. The molecule has 0 spiro atoms. The number of hydrogen-bond donors (Lipinski definition) is 2. The molecule has 0 unspecified atom stereocenters. The molecule has 0 radical (unpaired) electrons. The van der Waals surface area contributed by atoms with E-state index in [1.807, 2.05) is 6.92 Å². The van der Waals surface area contributed by atoms with E-state index in [0.29, 0.717) is 13.0 Å². The fourth-order valence-corrected chi connectivity index (χ4v) is 3.31. The first-order chi connectivity index (χ1) is 16.7. The number of hydrogen-bond acceptors (Lipinski definition) is 10. The van der Waals surface area contributed by atoms with Crippen LogP contribution in [0.5, 0.6) is 0 Å². The first kappa shape index (κ1) is 30.5. The minimum atomic E-state index is -3.80. The standard InChI is InChI=1S/C22H34N2O10S/c1-17-4-6-20(7-5-17)35(28,29)34-15-13-32-11-9-30-8-10-31-12-14-33-22(27)19(3)24-21(26)18(2)23-16-25/h4-7,16,18-19H,8-15H2,1-3H3,(H,23,25)(H,24,26)/t18-,19+/m0/s1. The molecule has 0 bridgehead atoms. The second-order valence-corrected chi connectivity index (χ2v) is 8.95. The normalized spacial score (nSPS) is 13.0. The number of ether oxygens (including phenoxy) is 4. The van der Waals surface area contributed by atoms with Crippen molar-refractivity contribution in [3.05, 3.63) is 29.8 Å². The van der Waals surface area contributed by atoms with Crippen LogP contribution in [0.15, 0.2) is 29.2 Å². The third kappa shape index (κ3) is 13.2. The molecule has 0 fully saturated rings. The Labute approximate surface area is 205 Å². The number of carbonyl (C=O) groups excluding carboxylic acids is 3. The van der Waals surface area contributed by atoms with Crippen LogP contribution in [-0.2, 0) is 47.6 Å². The van der Waals surface area contributed by atoms with Gasteiger partial charge in [-0.05, 0) is 32.9 Å². The fraction of sp³-hybridized carbons (Fsp3) is 0.591. The van der Waals surface area contributed by atoms with Crippen LogP contribution in [0.2, 0.25) is 0 Å². The predicted octanol–water partition coefficient (Wildman–Crippen LogP) is -0.0675. The van der Waals surface area contributed by atoms with Crippen LogP contribution in [0.3, 0.4) is 0 Å². The summed E-state index contributed by atoms with van der Waals surface area (Å²) < 4.78 is 49.8. The molecule has 2 N–H and O–H groups in total. The van der Waals surface area contributed by atoms with Gasteiger partial charge in [0.2, 0.25) is 12.3 Å². The molecular formula is C22H34N2O10S. The van der Waals surface area contributed by atoms with Crippen molar-refractivity contribution in [3.63, 3.8) is 0 Å². The lowest BCUT2D eigenvalue weighted by molar-refractivity contribution is -0.149. The Kier molecular flexibility index (Phi) is 14.7. The molecule has 0 heterocycles. The van der Waals surface area contributed by atoms with Gasteiger partial charge >= 0.3 is 5.97 Å². The number of amides is 2. The van der Waals surface area contributed by atoms with Crippen molar-refractivity contribution in [1.82, 2.24) is 10.6 Å². The highest BCUT2D eigenvalue weighted by atomic mass is 32.2. The van der Waals surface area contributed by atoms with Gasteiger partial charge in [-0.25, -0.2) is 4.79 Å². The van der Waals surface area contributed by atoms with E-state index in [0.717, 1.165) is 5.56 Å². The Hall–Kier alpha value is -2.58. The van der Waals surface area contributed by atoms with E-state index in [1.54, 1.807) is 12.1 Å². The zero-order chi connectivity index (χ0) is 26.1. The van der Waals surface area contributed by atoms with Crippen LogP contribution in [0, 0.1) is 6.92 Å². The number of benzene rings is 1. The molecule has 0 saturated heterocycles. The van der Waals surface area contributed by atoms with E-state index >= 15 is 0 Å². The number of rotatable bonds is 19. The number of carbonyl (C=O) groups is 3. The van der Waals surface area contributed by atoms with Crippen molar-refractivity contribution < 1.29 is 45.9 Å². The van der Waals surface area contributed by atoms with Gasteiger partial charge in [-0.1, -0.05) is 17.7 Å². The minimum absolute atomic E-state index is 0.00971. The van der Waals surface area contributed by atoms with Crippen molar-refractivity contribution in [1.29, 1.82) is 0 Å². The van der Waals surface area contributed by atoms with E-state index in [2.05, 4.69) is 10.6 Å². The second-order valence-electron chi connectivity index (χ2n) is 7.33. The maximum Gasteiger partial charge on any atom is 0.328 e. The van der Waals surface area contributed by atoms with Gasteiger partial charge in [-0.3, -0.25) is 13.8 Å². The van der Waals surface area contributed by atoms with Gasteiger partial charge in [0.15, 0.2) is 0 Å². The molecule has 0 aliphatic carbocycles. The molecule has 0 saturated carbocycles. The van der Waals surface area contributed by atoms with Crippen molar-refractivity contribution >= 4 is 28.4 Å². The van der Waals surface area contributed by atoms with E-state index in [-0.39, 0.29) is 51.1 Å². The zero-order valence-corrected chi connectivity index (χ0v) is 21.0. The maximum atomic E-state index is 12.0. The first-order valence-corrected chi connectivity index (χ1v) is 12.4. The summed E-state index contributed by atoms with van der Waals surface area (Å²) in [4.78, 5) is 33.9. The quantitative estimate of drug-likeness (QED) is 0.110. The third-order valence-electron chi connectivity index (χ3n) is 4.42. The Bertz CT molecular complexity index is 877. The lowest BCUT2D eigenvalue weighted by Gasteiger charge is -2.16. The Morgan fingerprint density at radius 3 is 1.91 bits per heavy atom. The van der Waals surface area contributed by atoms with Crippen LogP contribution in [0.4, 0.5) is 0 Å². The predicted molar refractivity (Wildman–Crippen MR) is 124 cm³/mol. The monoisotopic (exact) mass is 518 g/mol. The van der Waals surface area contributed by atoms with E-state index in [4.69, 9.17) is 23.1 Å². The average molecular weight is 519 g/mol. The lowest BCUT2D eigenvalue weighted by Crippen LogP contribution is -2.48. The fourth-order valence-electron chi connectivity index (χ4n) is 2.42. The van der Waals surface area contributed by atoms with Gasteiger partial charge in [-0.15, -0.1) is 0 Å². The molecule has 1 aromatic carbocycles. The van der Waals surface area contributed by atoms with Crippen LogP contribution in [-0.4, -0.2) is 91.6 Å². The van der Waals surface area contributed by atoms with Crippen molar-refractivity contribution in [2.24, 2.45) is 0 Å². The molecule has 35 heavy (non-hydrogen) atoms. The lowest BCUT2D eigenvalue weighted by atomic mass is 10.2. The zero-order valence-electron chi connectivity index (χ0n) is 20.2. The van der Waals surface area contributed by atoms with Crippen molar-refractivity contribution in [3.8, 4) is 0 Å². The molecule has 12 nitrogen and oxygen atoms in total. The smallest absolute Gasteiger partial charge is 0.328 e. The van der Waals surface area contributed by atoms with Gasteiger partial charge in [0, 0.05) is 0 Å². The highest BCUT2D eigenvalue weighted by Gasteiger charge is 2.20. The van der Waals surface area contributed by atoms with Crippen LogP contribution in [0.25, 0.3) is 0 Å². The van der Waals surface area contributed by atoms with Gasteiger partial charge in [0.1, 0.15) is 18.7 Å². The number of nitrogens with one attached hydrogen (secondary N) is 2. The summed E-state index contributed by atoms with van der Waals surface area (Å²) in [5.74, 6) is -1.12. The van der Waals surface area contributed by atoms with Gasteiger partial charge in [0.25, 0.3) is 10.1 Å².